The molecule has 0 heterocycles. The minimum absolute atomic E-state index is 0.0706. The van der Waals surface area contributed by atoms with Crippen molar-refractivity contribution in [1.29, 1.82) is 0 Å². The molecule has 0 aliphatic carbocycles. The van der Waals surface area contributed by atoms with E-state index in [9.17, 15) is 40.7 Å². The second-order valence-electron chi connectivity index (χ2n) is 11.0. The van der Waals surface area contributed by atoms with Crippen LogP contribution in [-0.2, 0) is 45.0 Å². The van der Waals surface area contributed by atoms with Gasteiger partial charge in [0, 0.05) is 38.5 Å². The van der Waals surface area contributed by atoms with Crippen molar-refractivity contribution in [3.63, 3.8) is 0 Å². The maximum absolute atomic E-state index is 13.7. The van der Waals surface area contributed by atoms with Crippen molar-refractivity contribution >= 4 is 35.1 Å². The number of carbonyl (C=O) groups excluding carboxylic acids is 3. The lowest BCUT2D eigenvalue weighted by Gasteiger charge is -2.25. The summed E-state index contributed by atoms with van der Waals surface area (Å²) >= 11 is 0. The van der Waals surface area contributed by atoms with Gasteiger partial charge in [0.1, 0.15) is 5.75 Å². The second-order valence-corrected chi connectivity index (χ2v) is 11.0. The Morgan fingerprint density at radius 2 is 1.44 bits per heavy atom. The molecular weight excluding hydrogens is 698 g/mol. The van der Waals surface area contributed by atoms with Crippen LogP contribution < -0.4 is 26.0 Å². The van der Waals surface area contributed by atoms with E-state index in [1.807, 2.05) is 12.1 Å². The summed E-state index contributed by atoms with van der Waals surface area (Å²) in [6.07, 6.45) is -10.1. The Morgan fingerprint density at radius 1 is 0.808 bits per heavy atom. The molecule has 3 amide bonds. The molecule has 0 saturated carbocycles. The number of nitrogens with zero attached hydrogens (tertiary/aromatic N) is 1. The van der Waals surface area contributed by atoms with Gasteiger partial charge in [0.15, 0.2) is 5.75 Å². The molecule has 52 heavy (non-hydrogen) atoms. The van der Waals surface area contributed by atoms with E-state index < -0.39 is 35.7 Å². The molecule has 0 aliphatic heterocycles. The topological polar surface area (TPSA) is 151 Å². The molecule has 4 rings (SSSR count). The number of nitrogens with one attached hydrogen (secondary N) is 2. The molecule has 0 radical (unpaired) electrons. The summed E-state index contributed by atoms with van der Waals surface area (Å²) in [5, 5.41) is 12.3. The van der Waals surface area contributed by atoms with Crippen LogP contribution in [0.1, 0.15) is 42.0 Å². The van der Waals surface area contributed by atoms with Crippen LogP contribution in [0.2, 0.25) is 0 Å². The number of rotatable bonds is 12. The lowest BCUT2D eigenvalue weighted by molar-refractivity contribution is -0.192. The van der Waals surface area contributed by atoms with Crippen molar-refractivity contribution < 1.29 is 55.4 Å². The number of hydrogen-bond donors (Lipinski definition) is 4. The van der Waals surface area contributed by atoms with Crippen LogP contribution in [0.5, 0.6) is 11.5 Å². The minimum Gasteiger partial charge on any atom is -0.475 e. The summed E-state index contributed by atoms with van der Waals surface area (Å²) in [4.78, 5) is 48.2. The largest absolute Gasteiger partial charge is 0.490 e. The fourth-order valence-electron chi connectivity index (χ4n) is 4.61. The van der Waals surface area contributed by atoms with Crippen LogP contribution in [0.4, 0.5) is 37.7 Å². The van der Waals surface area contributed by atoms with Crippen molar-refractivity contribution in [3.8, 4) is 11.5 Å². The number of para-hydroxylation sites is 2. The van der Waals surface area contributed by atoms with Gasteiger partial charge in [-0.25, -0.2) is 4.79 Å². The fraction of sp³-hybridized carbons (Fsp3) is 0.222. The van der Waals surface area contributed by atoms with Gasteiger partial charge in [-0.1, -0.05) is 54.6 Å². The van der Waals surface area contributed by atoms with Gasteiger partial charge < -0.3 is 31.1 Å². The Balaban J connectivity index is 0.000000944. The molecular formula is C36H34F6N4O6. The highest BCUT2D eigenvalue weighted by molar-refractivity contribution is 5.96. The molecule has 4 aromatic rings. The van der Waals surface area contributed by atoms with Gasteiger partial charge in [0.05, 0.1) is 17.8 Å². The van der Waals surface area contributed by atoms with E-state index in [0.29, 0.717) is 29.4 Å². The lowest BCUT2D eigenvalue weighted by atomic mass is 10.1. The first kappa shape index (κ1) is 40.5. The Hall–Kier alpha value is -5.90. The minimum atomic E-state index is -5.08. The van der Waals surface area contributed by atoms with Crippen LogP contribution in [-0.4, -0.2) is 35.0 Å². The number of alkyl halides is 6. The summed E-state index contributed by atoms with van der Waals surface area (Å²) in [5.41, 5.74) is 7.53. The first-order valence-electron chi connectivity index (χ1n) is 15.4. The molecule has 0 aliphatic rings. The van der Waals surface area contributed by atoms with E-state index in [-0.39, 0.29) is 37.4 Å². The molecule has 0 bridgehead atoms. The molecule has 0 unspecified atom stereocenters. The number of carbonyl (C=O) groups is 4. The SMILES string of the molecule is CC(=O)Nc1ccc(CN(C(=O)CCC(=O)NCc2ccccc2C(F)(F)F)c2ccccc2Oc2cccc(CN)c2)cc1.O=C(O)C(F)(F)F. The predicted octanol–water partition coefficient (Wildman–Crippen LogP) is 7.18. The number of aliphatic carboxylic acids is 1. The van der Waals surface area contributed by atoms with Gasteiger partial charge >= 0.3 is 18.3 Å². The molecule has 10 nitrogen and oxygen atoms in total. The normalized spacial score (nSPS) is 11.1. The molecule has 0 spiro atoms. The maximum atomic E-state index is 13.7. The first-order valence-corrected chi connectivity index (χ1v) is 15.4. The predicted molar refractivity (Wildman–Crippen MR) is 179 cm³/mol. The molecule has 0 atom stereocenters. The van der Waals surface area contributed by atoms with E-state index in [0.717, 1.165) is 17.2 Å². The van der Waals surface area contributed by atoms with Crippen molar-refractivity contribution in [2.24, 2.45) is 5.73 Å². The van der Waals surface area contributed by atoms with Crippen LogP contribution >= 0.6 is 0 Å². The number of nitrogens with two attached hydrogens (primary N) is 1. The third kappa shape index (κ3) is 12.8. The van der Waals surface area contributed by atoms with Crippen LogP contribution in [0.15, 0.2) is 97.1 Å². The number of carboxylic acid groups (broad SMARTS) is 1. The molecule has 16 heteroatoms. The molecule has 0 fully saturated rings. The van der Waals surface area contributed by atoms with E-state index >= 15 is 0 Å². The zero-order valence-corrected chi connectivity index (χ0v) is 27.6. The van der Waals surface area contributed by atoms with E-state index in [1.54, 1.807) is 60.7 Å². The third-order valence-corrected chi connectivity index (χ3v) is 7.04. The quantitative estimate of drug-likeness (QED) is 0.113. The number of ether oxygens (including phenoxy) is 1. The number of carboxylic acids is 1. The zero-order valence-electron chi connectivity index (χ0n) is 27.6. The highest BCUT2D eigenvalue weighted by Gasteiger charge is 2.38. The van der Waals surface area contributed by atoms with Crippen molar-refractivity contribution in [2.45, 2.75) is 51.8 Å². The molecule has 5 N–H and O–H groups in total. The average molecular weight is 733 g/mol. The first-order chi connectivity index (χ1) is 24.5. The van der Waals surface area contributed by atoms with E-state index in [2.05, 4.69) is 10.6 Å². The maximum Gasteiger partial charge on any atom is 0.490 e. The molecule has 276 valence electrons. The summed E-state index contributed by atoms with van der Waals surface area (Å²) in [6, 6.07) is 26.2. The van der Waals surface area contributed by atoms with Gasteiger partial charge in [-0.05, 0) is 59.2 Å². The van der Waals surface area contributed by atoms with Crippen molar-refractivity contribution in [3.05, 3.63) is 119 Å². The molecule has 0 saturated heterocycles. The number of benzene rings is 4. The number of halogens is 6. The summed E-state index contributed by atoms with van der Waals surface area (Å²) < 4.78 is 77.9. The van der Waals surface area contributed by atoms with Gasteiger partial charge in [0.2, 0.25) is 17.7 Å². The Labute approximate surface area is 294 Å². The Kier molecular flexibility index (Phi) is 14.3. The number of amides is 3. The summed E-state index contributed by atoms with van der Waals surface area (Å²) in [5.74, 6) is -3.03. The lowest BCUT2D eigenvalue weighted by Crippen LogP contribution is -2.32. The van der Waals surface area contributed by atoms with Crippen molar-refractivity contribution in [1.82, 2.24) is 5.32 Å². The van der Waals surface area contributed by atoms with Gasteiger partial charge in [0.25, 0.3) is 0 Å². The summed E-state index contributed by atoms with van der Waals surface area (Å²) in [6.45, 7) is 1.51. The van der Waals surface area contributed by atoms with E-state index in [4.69, 9.17) is 20.4 Å². The Morgan fingerprint density at radius 3 is 2.06 bits per heavy atom. The second kappa shape index (κ2) is 18.4. The number of hydrogen-bond acceptors (Lipinski definition) is 6. The summed E-state index contributed by atoms with van der Waals surface area (Å²) in [7, 11) is 0. The average Bonchev–Trinajstić information content (AvgIpc) is 3.09. The van der Waals surface area contributed by atoms with Gasteiger partial charge in [-0.3, -0.25) is 14.4 Å². The fourth-order valence-corrected chi connectivity index (χ4v) is 4.61. The molecule has 0 aromatic heterocycles. The monoisotopic (exact) mass is 732 g/mol. The van der Waals surface area contributed by atoms with Crippen LogP contribution in [0, 0.1) is 0 Å². The van der Waals surface area contributed by atoms with Gasteiger partial charge in [-0.2, -0.15) is 26.3 Å². The molecule has 4 aromatic carbocycles. The standard InChI is InChI=1S/C34H33F3N4O4.C2HF3O2/c1-23(42)40-27-15-13-24(14-16-27)22-41(30-11-4-5-12-31(30)45-28-9-6-7-25(19-28)20-38)33(44)18-17-32(43)39-21-26-8-2-3-10-29(26)34(35,36)37;3-2(4,5)1(6)7/h2-16,19H,17-18,20-22,38H2,1H3,(H,39,43)(H,40,42);(H,6,7). The number of anilines is 2. The van der Waals surface area contributed by atoms with Crippen LogP contribution in [0.25, 0.3) is 0 Å². The van der Waals surface area contributed by atoms with Gasteiger partial charge in [-0.15, -0.1) is 0 Å². The van der Waals surface area contributed by atoms with Crippen LogP contribution in [0.3, 0.4) is 0 Å². The Bertz CT molecular complexity index is 1850. The smallest absolute Gasteiger partial charge is 0.475 e. The zero-order chi connectivity index (χ0) is 38.5. The highest BCUT2D eigenvalue weighted by Crippen LogP contribution is 2.35. The highest BCUT2D eigenvalue weighted by atomic mass is 19.4. The van der Waals surface area contributed by atoms with E-state index in [1.165, 1.54) is 30.0 Å². The third-order valence-electron chi connectivity index (χ3n) is 7.04. The van der Waals surface area contributed by atoms with Crippen molar-refractivity contribution in [2.75, 3.05) is 10.2 Å².